The van der Waals surface area contributed by atoms with Crippen molar-refractivity contribution in [2.45, 2.75) is 45.4 Å². The zero-order valence-electron chi connectivity index (χ0n) is 14.9. The third-order valence-electron chi connectivity index (χ3n) is 5.08. The van der Waals surface area contributed by atoms with E-state index >= 15 is 0 Å². The van der Waals surface area contributed by atoms with Gasteiger partial charge in [-0.2, -0.15) is 0 Å². The van der Waals surface area contributed by atoms with Crippen LogP contribution >= 0.6 is 11.3 Å². The van der Waals surface area contributed by atoms with E-state index in [-0.39, 0.29) is 6.10 Å². The van der Waals surface area contributed by atoms with Crippen LogP contribution in [-0.2, 0) is 17.8 Å². The summed E-state index contributed by atoms with van der Waals surface area (Å²) in [5.41, 5.74) is 1.21. The summed E-state index contributed by atoms with van der Waals surface area (Å²) in [6.07, 6.45) is 3.67. The summed E-state index contributed by atoms with van der Waals surface area (Å²) >= 11 is 1.74. The Morgan fingerprint density at radius 1 is 1.12 bits per heavy atom. The number of aromatic nitrogens is 1. The largest absolute Gasteiger partial charge is 0.462 e. The molecular weight excluding hydrogens is 334 g/mol. The van der Waals surface area contributed by atoms with Crippen molar-refractivity contribution in [1.29, 1.82) is 0 Å². The molecule has 0 aromatic carbocycles. The first-order chi connectivity index (χ1) is 12.3. The average molecular weight is 362 g/mol. The second kappa shape index (κ2) is 7.99. The monoisotopic (exact) mass is 361 g/mol. The number of hydrogen-bond acceptors (Lipinski definition) is 6. The first-order valence-corrected chi connectivity index (χ1v) is 10.2. The van der Waals surface area contributed by atoms with Crippen molar-refractivity contribution in [2.75, 3.05) is 32.8 Å². The van der Waals surface area contributed by atoms with Crippen molar-refractivity contribution in [3.63, 3.8) is 0 Å². The number of piperazine rings is 1. The molecule has 0 aliphatic carbocycles. The lowest BCUT2D eigenvalue weighted by molar-refractivity contribution is 0.000628. The molecule has 2 saturated heterocycles. The lowest BCUT2D eigenvalue weighted by atomic mass is 10.1. The first-order valence-electron chi connectivity index (χ1n) is 9.32. The van der Waals surface area contributed by atoms with E-state index in [1.165, 1.54) is 18.5 Å². The highest BCUT2D eigenvalue weighted by Crippen LogP contribution is 2.29. The molecule has 0 saturated carbocycles. The van der Waals surface area contributed by atoms with Crippen LogP contribution in [0.1, 0.15) is 47.6 Å². The van der Waals surface area contributed by atoms with E-state index in [4.69, 9.17) is 9.15 Å². The molecule has 0 bridgehead atoms. The van der Waals surface area contributed by atoms with Crippen LogP contribution in [0, 0.1) is 6.92 Å². The van der Waals surface area contributed by atoms with Crippen LogP contribution in [0.3, 0.4) is 0 Å². The number of hydrogen-bond donors (Lipinski definition) is 0. The summed E-state index contributed by atoms with van der Waals surface area (Å²) < 4.78 is 11.9. The molecule has 0 spiro atoms. The van der Waals surface area contributed by atoms with E-state index < -0.39 is 0 Å². The van der Waals surface area contributed by atoms with Crippen molar-refractivity contribution < 1.29 is 9.15 Å². The van der Waals surface area contributed by atoms with Crippen molar-refractivity contribution in [1.82, 2.24) is 14.8 Å². The Morgan fingerprint density at radius 2 is 1.92 bits per heavy atom. The average Bonchev–Trinajstić information content (AvgIpc) is 3.27. The maximum Gasteiger partial charge on any atom is 0.133 e. The lowest BCUT2D eigenvalue weighted by Gasteiger charge is -2.33. The quantitative estimate of drug-likeness (QED) is 0.814. The number of rotatable bonds is 5. The van der Waals surface area contributed by atoms with Crippen LogP contribution in [0.4, 0.5) is 0 Å². The van der Waals surface area contributed by atoms with Gasteiger partial charge in [0.25, 0.3) is 0 Å². The molecule has 0 amide bonds. The Bertz CT molecular complexity index is 670. The van der Waals surface area contributed by atoms with Gasteiger partial charge in [0.1, 0.15) is 17.6 Å². The third-order valence-corrected chi connectivity index (χ3v) is 5.90. The van der Waals surface area contributed by atoms with Gasteiger partial charge >= 0.3 is 0 Å². The normalized spacial score (nSPS) is 23.2. The van der Waals surface area contributed by atoms with Gasteiger partial charge in [0.15, 0.2) is 0 Å². The van der Waals surface area contributed by atoms with E-state index in [2.05, 4.69) is 39.2 Å². The molecule has 2 aromatic rings. The second-order valence-electron chi connectivity index (χ2n) is 7.07. The highest BCUT2D eigenvalue weighted by Gasteiger charge is 2.22. The van der Waals surface area contributed by atoms with E-state index in [0.717, 1.165) is 68.8 Å². The summed E-state index contributed by atoms with van der Waals surface area (Å²) in [5, 5.41) is 3.34. The zero-order chi connectivity index (χ0) is 17.1. The summed E-state index contributed by atoms with van der Waals surface area (Å²) in [6.45, 7) is 9.16. The van der Waals surface area contributed by atoms with Crippen LogP contribution in [0.15, 0.2) is 21.9 Å². The minimum atomic E-state index is 0.168. The molecule has 1 unspecified atom stereocenters. The van der Waals surface area contributed by atoms with Gasteiger partial charge in [0, 0.05) is 44.7 Å². The van der Waals surface area contributed by atoms with Gasteiger partial charge < -0.3 is 9.15 Å². The van der Waals surface area contributed by atoms with Crippen LogP contribution in [0.25, 0.3) is 0 Å². The molecule has 2 aromatic heterocycles. The minimum absolute atomic E-state index is 0.168. The number of nitrogens with zero attached hydrogens (tertiary/aromatic N) is 3. The predicted octanol–water partition coefficient (Wildman–Crippen LogP) is 3.60. The second-order valence-corrected chi connectivity index (χ2v) is 8.13. The lowest BCUT2D eigenvalue weighted by Crippen LogP contribution is -2.45. The summed E-state index contributed by atoms with van der Waals surface area (Å²) in [4.78, 5) is 9.55. The molecule has 2 fully saturated rings. The van der Waals surface area contributed by atoms with E-state index in [0.29, 0.717) is 0 Å². The topological polar surface area (TPSA) is 41.7 Å². The number of furan rings is 1. The fourth-order valence-corrected chi connectivity index (χ4v) is 4.26. The summed E-state index contributed by atoms with van der Waals surface area (Å²) in [6, 6.07) is 4.23. The number of thiazole rings is 1. The zero-order valence-corrected chi connectivity index (χ0v) is 15.8. The number of aryl methyl sites for hydroxylation is 1. The van der Waals surface area contributed by atoms with Crippen molar-refractivity contribution >= 4 is 11.3 Å². The Kier molecular flexibility index (Phi) is 5.51. The molecule has 2 aliphatic heterocycles. The van der Waals surface area contributed by atoms with Crippen LogP contribution in [0.2, 0.25) is 0 Å². The maximum atomic E-state index is 6.06. The molecule has 4 heterocycles. The molecule has 0 radical (unpaired) electrons. The molecule has 2 aliphatic rings. The molecule has 1 atom stereocenters. The smallest absolute Gasteiger partial charge is 0.133 e. The highest BCUT2D eigenvalue weighted by molar-refractivity contribution is 7.09. The van der Waals surface area contributed by atoms with E-state index in [1.807, 2.05) is 0 Å². The predicted molar refractivity (Wildman–Crippen MR) is 98.7 cm³/mol. The number of ether oxygens (including phenoxy) is 1. The van der Waals surface area contributed by atoms with Crippen molar-refractivity contribution in [3.05, 3.63) is 39.7 Å². The molecule has 0 N–H and O–H groups in total. The summed E-state index contributed by atoms with van der Waals surface area (Å²) in [7, 11) is 0. The van der Waals surface area contributed by atoms with Gasteiger partial charge in [-0.05, 0) is 38.3 Å². The molecule has 6 heteroatoms. The Morgan fingerprint density at radius 3 is 2.60 bits per heavy atom. The van der Waals surface area contributed by atoms with Gasteiger partial charge in [-0.15, -0.1) is 11.3 Å². The van der Waals surface area contributed by atoms with E-state index in [9.17, 15) is 0 Å². The highest BCUT2D eigenvalue weighted by atomic mass is 32.1. The maximum absolute atomic E-state index is 6.06. The molecule has 136 valence electrons. The Labute approximate surface area is 153 Å². The fourth-order valence-electron chi connectivity index (χ4n) is 3.65. The van der Waals surface area contributed by atoms with Gasteiger partial charge in [-0.1, -0.05) is 0 Å². The van der Waals surface area contributed by atoms with E-state index in [1.54, 1.807) is 11.3 Å². The molecule has 4 rings (SSSR count). The molecule has 25 heavy (non-hydrogen) atoms. The standard InChI is InChI=1S/C19H27N3O2S/c1-15-20-16(14-25-15)12-21-7-9-22(10-8-21)13-17-5-6-19(24-17)18-4-2-3-11-23-18/h5-6,14,18H,2-4,7-13H2,1H3. The van der Waals surface area contributed by atoms with Crippen LogP contribution in [0.5, 0.6) is 0 Å². The Balaban J connectivity index is 1.25. The molecular formula is C19H27N3O2S. The van der Waals surface area contributed by atoms with Gasteiger partial charge in [0.2, 0.25) is 0 Å². The van der Waals surface area contributed by atoms with Crippen LogP contribution in [-0.4, -0.2) is 47.6 Å². The SMILES string of the molecule is Cc1nc(CN2CCN(Cc3ccc(C4CCCCO4)o3)CC2)cs1. The minimum Gasteiger partial charge on any atom is -0.462 e. The van der Waals surface area contributed by atoms with Crippen LogP contribution < -0.4 is 0 Å². The fraction of sp³-hybridized carbons (Fsp3) is 0.632. The van der Waals surface area contributed by atoms with Gasteiger partial charge in [-0.25, -0.2) is 4.98 Å². The van der Waals surface area contributed by atoms with Gasteiger partial charge in [0.05, 0.1) is 17.2 Å². The third kappa shape index (κ3) is 4.50. The molecule has 5 nitrogen and oxygen atoms in total. The summed E-state index contributed by atoms with van der Waals surface area (Å²) in [5.74, 6) is 2.07. The first kappa shape index (κ1) is 17.2. The Hall–Kier alpha value is -1.21. The van der Waals surface area contributed by atoms with Crippen molar-refractivity contribution in [3.8, 4) is 0 Å². The van der Waals surface area contributed by atoms with Gasteiger partial charge in [-0.3, -0.25) is 9.80 Å². The van der Waals surface area contributed by atoms with Crippen molar-refractivity contribution in [2.24, 2.45) is 0 Å².